The fraction of sp³-hybridized carbons (Fsp3) is 0.533. The Morgan fingerprint density at radius 2 is 2.23 bits per heavy atom. The molecule has 0 radical (unpaired) electrons. The Hall–Kier alpha value is -1.21. The first-order valence-corrected chi connectivity index (χ1v) is 7.99. The first kappa shape index (κ1) is 15.7. The van der Waals surface area contributed by atoms with Crippen LogP contribution in [0.2, 0.25) is 0 Å². The van der Waals surface area contributed by atoms with Crippen LogP contribution in [0.15, 0.2) is 23.2 Å². The Labute approximate surface area is 131 Å². The first-order chi connectivity index (χ1) is 10.5. The van der Waals surface area contributed by atoms with Crippen molar-refractivity contribution < 1.29 is 17.9 Å². The highest BCUT2D eigenvalue weighted by molar-refractivity contribution is 8.14. The third kappa shape index (κ3) is 2.50. The summed E-state index contributed by atoms with van der Waals surface area (Å²) in [4.78, 5) is 4.46. The molecule has 0 bridgehead atoms. The van der Waals surface area contributed by atoms with Crippen LogP contribution in [0.4, 0.5) is 13.2 Å². The summed E-state index contributed by atoms with van der Waals surface area (Å²) < 4.78 is 46.1. The van der Waals surface area contributed by atoms with Crippen LogP contribution in [-0.2, 0) is 10.3 Å². The predicted molar refractivity (Wildman–Crippen MR) is 80.5 cm³/mol. The summed E-state index contributed by atoms with van der Waals surface area (Å²) in [5.74, 6) is -1.45. The average Bonchev–Trinajstić information content (AvgIpc) is 2.46. The summed E-state index contributed by atoms with van der Waals surface area (Å²) in [6.45, 7) is 1.42. The van der Waals surface area contributed by atoms with Crippen molar-refractivity contribution in [1.82, 2.24) is 0 Å². The molecule has 0 spiro atoms. The number of hydrogen-bond acceptors (Lipinski definition) is 4. The minimum absolute atomic E-state index is 0.0416. The minimum atomic E-state index is -1.02. The van der Waals surface area contributed by atoms with Gasteiger partial charge in [0.2, 0.25) is 0 Å². The number of ether oxygens (including phenoxy) is 1. The predicted octanol–water partition coefficient (Wildman–Crippen LogP) is 2.98. The molecular formula is C15H17F3N2OS. The zero-order valence-electron chi connectivity index (χ0n) is 12.1. The number of rotatable bonds is 2. The molecule has 2 aliphatic rings. The van der Waals surface area contributed by atoms with E-state index in [1.54, 1.807) is 0 Å². The lowest BCUT2D eigenvalue weighted by Crippen LogP contribution is -2.53. The maximum Gasteiger partial charge on any atom is 0.155 e. The van der Waals surface area contributed by atoms with Crippen molar-refractivity contribution >= 4 is 16.9 Å². The number of alkyl halides is 1. The molecule has 1 fully saturated rings. The number of hydrogen-bond donors (Lipinski definition) is 1. The van der Waals surface area contributed by atoms with Crippen molar-refractivity contribution in [2.75, 3.05) is 13.3 Å². The quantitative estimate of drug-likeness (QED) is 0.907. The van der Waals surface area contributed by atoms with E-state index in [1.165, 1.54) is 23.9 Å². The van der Waals surface area contributed by atoms with Crippen molar-refractivity contribution in [3.63, 3.8) is 0 Å². The minimum Gasteiger partial charge on any atom is -0.379 e. The maximum absolute atomic E-state index is 14.3. The van der Waals surface area contributed by atoms with Crippen LogP contribution in [-0.4, -0.2) is 29.8 Å². The molecule has 0 aromatic heterocycles. The molecule has 2 N–H and O–H groups in total. The van der Waals surface area contributed by atoms with Crippen molar-refractivity contribution in [3.8, 4) is 0 Å². The van der Waals surface area contributed by atoms with Gasteiger partial charge in [0.1, 0.15) is 23.8 Å². The second kappa shape index (κ2) is 5.77. The largest absolute Gasteiger partial charge is 0.379 e. The highest BCUT2D eigenvalue weighted by Crippen LogP contribution is 2.49. The van der Waals surface area contributed by atoms with Crippen LogP contribution in [0.5, 0.6) is 0 Å². The molecule has 1 aromatic rings. The second-order valence-corrected chi connectivity index (χ2v) is 7.15. The fourth-order valence-electron chi connectivity index (χ4n) is 3.37. The molecule has 4 unspecified atom stereocenters. The lowest BCUT2D eigenvalue weighted by atomic mass is 9.72. The lowest BCUT2D eigenvalue weighted by molar-refractivity contribution is -0.0704. The molecule has 0 amide bonds. The van der Waals surface area contributed by atoms with Gasteiger partial charge in [-0.05, 0) is 12.5 Å². The van der Waals surface area contributed by atoms with Gasteiger partial charge in [0, 0.05) is 22.8 Å². The Morgan fingerprint density at radius 1 is 1.45 bits per heavy atom. The van der Waals surface area contributed by atoms with Crippen LogP contribution < -0.4 is 5.73 Å². The van der Waals surface area contributed by atoms with Gasteiger partial charge >= 0.3 is 0 Å². The molecule has 3 rings (SSSR count). The molecule has 1 saturated heterocycles. The summed E-state index contributed by atoms with van der Waals surface area (Å²) in [6.07, 6.45) is -0.0858. The molecular weight excluding hydrogens is 313 g/mol. The van der Waals surface area contributed by atoms with E-state index in [0.717, 1.165) is 6.07 Å². The number of amidine groups is 1. The molecule has 2 aliphatic heterocycles. The number of benzene rings is 1. The van der Waals surface area contributed by atoms with Crippen molar-refractivity contribution in [2.45, 2.75) is 30.2 Å². The summed E-state index contributed by atoms with van der Waals surface area (Å²) in [5, 5.41) is 0.384. The van der Waals surface area contributed by atoms with Crippen LogP contribution in [0, 0.1) is 17.6 Å². The molecule has 4 atom stereocenters. The number of nitrogens with two attached hydrogens (primary N) is 1. The Bertz CT molecular complexity index is 612. The maximum atomic E-state index is 14.3. The highest BCUT2D eigenvalue weighted by atomic mass is 32.2. The van der Waals surface area contributed by atoms with E-state index in [-0.39, 0.29) is 23.3 Å². The van der Waals surface area contributed by atoms with Gasteiger partial charge in [0.05, 0.1) is 12.7 Å². The van der Waals surface area contributed by atoms with Gasteiger partial charge in [-0.15, -0.1) is 0 Å². The van der Waals surface area contributed by atoms with E-state index < -0.39 is 30.0 Å². The normalized spacial score (nSPS) is 34.9. The van der Waals surface area contributed by atoms with Crippen molar-refractivity contribution in [2.24, 2.45) is 16.6 Å². The smallest absolute Gasteiger partial charge is 0.155 e. The first-order valence-electron chi connectivity index (χ1n) is 7.11. The summed E-state index contributed by atoms with van der Waals surface area (Å²) >= 11 is 1.39. The summed E-state index contributed by atoms with van der Waals surface area (Å²) in [7, 11) is 0. The van der Waals surface area contributed by atoms with Crippen LogP contribution in [0.3, 0.4) is 0 Å². The Kier molecular flexibility index (Phi) is 4.11. The van der Waals surface area contributed by atoms with Gasteiger partial charge < -0.3 is 10.5 Å². The topological polar surface area (TPSA) is 47.6 Å². The van der Waals surface area contributed by atoms with E-state index in [4.69, 9.17) is 10.5 Å². The molecule has 2 heterocycles. The SMILES string of the molecule is CC1SC(N)=NC2(c3ccc(F)cc3F)COC(CF)CC12. The lowest BCUT2D eigenvalue weighted by Gasteiger charge is -2.48. The van der Waals surface area contributed by atoms with Crippen molar-refractivity contribution in [1.29, 1.82) is 0 Å². The zero-order chi connectivity index (χ0) is 15.9. The second-order valence-electron chi connectivity index (χ2n) is 5.75. The van der Waals surface area contributed by atoms with E-state index >= 15 is 0 Å². The molecule has 0 saturated carbocycles. The molecule has 0 aliphatic carbocycles. The van der Waals surface area contributed by atoms with Gasteiger partial charge in [-0.1, -0.05) is 24.8 Å². The summed E-state index contributed by atoms with van der Waals surface area (Å²) in [5.41, 5.74) is 5.13. The summed E-state index contributed by atoms with van der Waals surface area (Å²) in [6, 6.07) is 3.42. The third-order valence-electron chi connectivity index (χ3n) is 4.42. The Morgan fingerprint density at radius 3 is 2.91 bits per heavy atom. The molecule has 3 nitrogen and oxygen atoms in total. The van der Waals surface area contributed by atoms with Gasteiger partial charge in [-0.2, -0.15) is 0 Å². The number of thioether (sulfide) groups is 1. The van der Waals surface area contributed by atoms with E-state index in [2.05, 4.69) is 4.99 Å². The third-order valence-corrected chi connectivity index (χ3v) is 5.46. The number of fused-ring (bicyclic) bond motifs is 1. The van der Waals surface area contributed by atoms with Crippen molar-refractivity contribution in [3.05, 3.63) is 35.4 Å². The van der Waals surface area contributed by atoms with E-state index in [0.29, 0.717) is 11.6 Å². The van der Waals surface area contributed by atoms with E-state index in [1.807, 2.05) is 6.92 Å². The highest BCUT2D eigenvalue weighted by Gasteiger charge is 2.52. The number of halogens is 3. The van der Waals surface area contributed by atoms with Crippen LogP contribution in [0.1, 0.15) is 18.9 Å². The number of nitrogens with zero attached hydrogens (tertiary/aromatic N) is 1. The van der Waals surface area contributed by atoms with Gasteiger partial charge in [-0.25, -0.2) is 18.2 Å². The van der Waals surface area contributed by atoms with E-state index in [9.17, 15) is 13.2 Å². The van der Waals surface area contributed by atoms with Crippen LogP contribution >= 0.6 is 11.8 Å². The fourth-order valence-corrected chi connectivity index (χ4v) is 4.47. The van der Waals surface area contributed by atoms with Crippen LogP contribution in [0.25, 0.3) is 0 Å². The Balaban J connectivity index is 2.11. The standard InChI is InChI=1S/C15H17F3N2OS/c1-8-12-5-10(6-16)21-7-15(12,20-14(19)22-8)11-3-2-9(17)4-13(11)18/h2-4,8,10,12H,5-7H2,1H3,(H2,19,20). The molecule has 1 aromatic carbocycles. The van der Waals surface area contributed by atoms with Gasteiger partial charge in [-0.3, -0.25) is 0 Å². The van der Waals surface area contributed by atoms with Gasteiger partial charge in [0.25, 0.3) is 0 Å². The average molecular weight is 330 g/mol. The number of aliphatic imine (C=N–C) groups is 1. The zero-order valence-corrected chi connectivity index (χ0v) is 12.9. The molecule has 22 heavy (non-hydrogen) atoms. The molecule has 120 valence electrons. The monoisotopic (exact) mass is 330 g/mol. The van der Waals surface area contributed by atoms with Gasteiger partial charge in [0.15, 0.2) is 5.17 Å². The molecule has 7 heteroatoms.